The summed E-state index contributed by atoms with van der Waals surface area (Å²) in [6.07, 6.45) is 1.05. The van der Waals surface area contributed by atoms with E-state index >= 15 is 0 Å². The Morgan fingerprint density at radius 2 is 2.12 bits per heavy atom. The van der Waals surface area contributed by atoms with E-state index in [1.54, 1.807) is 12.1 Å². The Morgan fingerprint density at radius 1 is 1.38 bits per heavy atom. The van der Waals surface area contributed by atoms with Gasteiger partial charge in [0.2, 0.25) is 0 Å². The van der Waals surface area contributed by atoms with Crippen molar-refractivity contribution in [3.05, 3.63) is 35.1 Å². The van der Waals surface area contributed by atoms with Gasteiger partial charge in [0.15, 0.2) is 0 Å². The number of nitrogens with zero attached hydrogens (tertiary/aromatic N) is 2. The Labute approximate surface area is 96.3 Å². The van der Waals surface area contributed by atoms with E-state index in [9.17, 15) is 4.39 Å². The Bertz CT molecular complexity index is 382. The molecule has 0 aliphatic heterocycles. The van der Waals surface area contributed by atoms with Crippen LogP contribution in [0.3, 0.4) is 0 Å². The number of hydrogen-bond donors (Lipinski definition) is 0. The van der Waals surface area contributed by atoms with Crippen molar-refractivity contribution in [1.29, 1.82) is 5.26 Å². The molecule has 0 unspecified atom stereocenters. The summed E-state index contributed by atoms with van der Waals surface area (Å²) in [5, 5.41) is 8.73. The zero-order valence-electron chi connectivity index (χ0n) is 9.83. The molecule has 0 radical (unpaired) electrons. The lowest BCUT2D eigenvalue weighted by atomic mass is 10.1. The fraction of sp³-hybridized carbons (Fsp3) is 0.462. The average molecular weight is 220 g/mol. The largest absolute Gasteiger partial charge is 0.299 e. The highest BCUT2D eigenvalue weighted by Gasteiger charge is 2.10. The zero-order chi connectivity index (χ0) is 12.0. The van der Waals surface area contributed by atoms with Crippen molar-refractivity contribution in [1.82, 2.24) is 4.90 Å². The van der Waals surface area contributed by atoms with Crippen LogP contribution in [-0.4, -0.2) is 18.0 Å². The standard InChI is InChI=1S/C13H17FN2/c1-3-8-16(4-2)10-12-7-5-6-11(9-15)13(12)14/h5-7H,3-4,8,10H2,1-2H3. The van der Waals surface area contributed by atoms with Gasteiger partial charge in [0.05, 0.1) is 5.56 Å². The zero-order valence-corrected chi connectivity index (χ0v) is 9.83. The van der Waals surface area contributed by atoms with Crippen LogP contribution in [0.15, 0.2) is 18.2 Å². The molecule has 0 aliphatic carbocycles. The van der Waals surface area contributed by atoms with Gasteiger partial charge >= 0.3 is 0 Å². The maximum absolute atomic E-state index is 13.8. The van der Waals surface area contributed by atoms with Crippen LogP contribution in [0, 0.1) is 17.1 Å². The highest BCUT2D eigenvalue weighted by molar-refractivity contribution is 5.34. The summed E-state index contributed by atoms with van der Waals surface area (Å²) in [7, 11) is 0. The van der Waals surface area contributed by atoms with Crippen molar-refractivity contribution in [2.24, 2.45) is 0 Å². The molecule has 0 fully saturated rings. The van der Waals surface area contributed by atoms with E-state index in [0.717, 1.165) is 19.5 Å². The second kappa shape index (κ2) is 6.24. The number of halogens is 1. The monoisotopic (exact) mass is 220 g/mol. The molecule has 0 aliphatic rings. The van der Waals surface area contributed by atoms with E-state index in [0.29, 0.717) is 12.1 Å². The van der Waals surface area contributed by atoms with Crippen LogP contribution < -0.4 is 0 Å². The van der Waals surface area contributed by atoms with Crippen LogP contribution in [0.1, 0.15) is 31.4 Å². The minimum absolute atomic E-state index is 0.130. The lowest BCUT2D eigenvalue weighted by molar-refractivity contribution is 0.276. The van der Waals surface area contributed by atoms with Gasteiger partial charge in [-0.1, -0.05) is 26.0 Å². The van der Waals surface area contributed by atoms with Crippen LogP contribution in [0.25, 0.3) is 0 Å². The predicted octanol–water partition coefficient (Wildman–Crippen LogP) is 2.93. The van der Waals surface area contributed by atoms with E-state index in [1.807, 2.05) is 6.07 Å². The summed E-state index contributed by atoms with van der Waals surface area (Å²) in [6.45, 7) is 6.58. The van der Waals surface area contributed by atoms with Gasteiger partial charge < -0.3 is 0 Å². The summed E-state index contributed by atoms with van der Waals surface area (Å²) < 4.78 is 13.8. The SMILES string of the molecule is CCCN(CC)Cc1cccc(C#N)c1F. The molecule has 1 rings (SSSR count). The normalized spacial score (nSPS) is 10.4. The Kier molecular flexibility index (Phi) is 4.94. The first-order valence-corrected chi connectivity index (χ1v) is 5.62. The van der Waals surface area contributed by atoms with Crippen LogP contribution >= 0.6 is 0 Å². The molecule has 16 heavy (non-hydrogen) atoms. The first-order valence-electron chi connectivity index (χ1n) is 5.62. The van der Waals surface area contributed by atoms with Crippen molar-refractivity contribution in [3.8, 4) is 6.07 Å². The molecule has 0 aromatic heterocycles. The molecule has 0 atom stereocenters. The molecule has 0 saturated carbocycles. The first-order chi connectivity index (χ1) is 7.72. The fourth-order valence-corrected chi connectivity index (χ4v) is 1.69. The number of rotatable bonds is 5. The van der Waals surface area contributed by atoms with Gasteiger partial charge in [-0.15, -0.1) is 0 Å². The van der Waals surface area contributed by atoms with Crippen molar-refractivity contribution in [2.45, 2.75) is 26.8 Å². The van der Waals surface area contributed by atoms with Crippen molar-refractivity contribution >= 4 is 0 Å². The van der Waals surface area contributed by atoms with Gasteiger partial charge in [0.25, 0.3) is 0 Å². The second-order valence-electron chi connectivity index (χ2n) is 3.76. The van der Waals surface area contributed by atoms with E-state index < -0.39 is 0 Å². The molecule has 0 saturated heterocycles. The first kappa shape index (κ1) is 12.7. The summed E-state index contributed by atoms with van der Waals surface area (Å²) in [5.41, 5.74) is 0.736. The third-order valence-electron chi connectivity index (χ3n) is 2.58. The van der Waals surface area contributed by atoms with E-state index in [4.69, 9.17) is 5.26 Å². The molecule has 0 amide bonds. The molecule has 0 heterocycles. The summed E-state index contributed by atoms with van der Waals surface area (Å²) in [4.78, 5) is 2.17. The topological polar surface area (TPSA) is 27.0 Å². The number of nitriles is 1. The van der Waals surface area contributed by atoms with Crippen LogP contribution in [0.4, 0.5) is 4.39 Å². The van der Waals surface area contributed by atoms with Gasteiger partial charge in [0, 0.05) is 12.1 Å². The van der Waals surface area contributed by atoms with Gasteiger partial charge in [-0.25, -0.2) is 4.39 Å². The quantitative estimate of drug-likeness (QED) is 0.762. The average Bonchev–Trinajstić information content (AvgIpc) is 2.31. The Hall–Kier alpha value is -1.40. The van der Waals surface area contributed by atoms with Gasteiger partial charge in [-0.3, -0.25) is 4.90 Å². The van der Waals surface area contributed by atoms with E-state index in [-0.39, 0.29) is 11.4 Å². The molecule has 1 aromatic carbocycles. The minimum atomic E-state index is -0.375. The second-order valence-corrected chi connectivity index (χ2v) is 3.76. The smallest absolute Gasteiger partial charge is 0.145 e. The molecule has 1 aromatic rings. The Morgan fingerprint density at radius 3 is 2.69 bits per heavy atom. The van der Waals surface area contributed by atoms with E-state index in [1.165, 1.54) is 6.07 Å². The summed E-state index contributed by atoms with van der Waals surface area (Å²) >= 11 is 0. The van der Waals surface area contributed by atoms with Crippen molar-refractivity contribution in [2.75, 3.05) is 13.1 Å². The highest BCUT2D eigenvalue weighted by Crippen LogP contribution is 2.14. The maximum Gasteiger partial charge on any atom is 0.145 e. The molecule has 3 heteroatoms. The lowest BCUT2D eigenvalue weighted by Gasteiger charge is -2.19. The van der Waals surface area contributed by atoms with Crippen molar-refractivity contribution < 1.29 is 4.39 Å². The van der Waals surface area contributed by atoms with Crippen LogP contribution in [0.5, 0.6) is 0 Å². The lowest BCUT2D eigenvalue weighted by Crippen LogP contribution is -2.24. The number of benzene rings is 1. The third-order valence-corrected chi connectivity index (χ3v) is 2.58. The molecule has 0 N–H and O–H groups in total. The van der Waals surface area contributed by atoms with Crippen molar-refractivity contribution in [3.63, 3.8) is 0 Å². The van der Waals surface area contributed by atoms with Gasteiger partial charge in [0.1, 0.15) is 11.9 Å². The molecular formula is C13H17FN2. The third kappa shape index (κ3) is 3.04. The molecular weight excluding hydrogens is 203 g/mol. The predicted molar refractivity (Wildman–Crippen MR) is 62.4 cm³/mol. The highest BCUT2D eigenvalue weighted by atomic mass is 19.1. The summed E-state index contributed by atoms with van der Waals surface area (Å²) in [5.74, 6) is -0.375. The van der Waals surface area contributed by atoms with Crippen LogP contribution in [-0.2, 0) is 6.54 Å². The molecule has 0 bridgehead atoms. The van der Waals surface area contributed by atoms with E-state index in [2.05, 4.69) is 18.7 Å². The number of hydrogen-bond acceptors (Lipinski definition) is 2. The van der Waals surface area contributed by atoms with Gasteiger partial charge in [-0.05, 0) is 25.6 Å². The van der Waals surface area contributed by atoms with Crippen LogP contribution in [0.2, 0.25) is 0 Å². The minimum Gasteiger partial charge on any atom is -0.299 e. The molecule has 2 nitrogen and oxygen atoms in total. The molecule has 0 spiro atoms. The summed E-state index contributed by atoms with van der Waals surface area (Å²) in [6, 6.07) is 6.85. The molecule has 86 valence electrons. The van der Waals surface area contributed by atoms with Gasteiger partial charge in [-0.2, -0.15) is 5.26 Å². The maximum atomic E-state index is 13.8. The fourth-order valence-electron chi connectivity index (χ4n) is 1.69. The Balaban J connectivity index is 2.84.